The molecule has 0 aromatic heterocycles. The highest BCUT2D eigenvalue weighted by Crippen LogP contribution is 2.24. The first kappa shape index (κ1) is 25.7. The molecule has 3 aromatic carbocycles. The van der Waals surface area contributed by atoms with Crippen LogP contribution in [-0.2, 0) is 0 Å². The van der Waals surface area contributed by atoms with Gasteiger partial charge in [-0.15, -0.1) is 0 Å². The highest BCUT2D eigenvalue weighted by molar-refractivity contribution is 6.33. The van der Waals surface area contributed by atoms with Gasteiger partial charge in [0.25, 0.3) is 0 Å². The Balaban J connectivity index is 0.000000336. The van der Waals surface area contributed by atoms with Gasteiger partial charge in [-0.25, -0.2) is 0 Å². The third-order valence-corrected chi connectivity index (χ3v) is 5.59. The molecule has 3 rings (SSSR count). The van der Waals surface area contributed by atoms with Crippen LogP contribution in [0.15, 0.2) is 77.8 Å². The third-order valence-electron chi connectivity index (χ3n) is 5.26. The maximum Gasteiger partial charge on any atom is 0.0659 e. The number of halogens is 1. The Bertz CT molecular complexity index is 958. The van der Waals surface area contributed by atoms with Crippen molar-refractivity contribution >= 4 is 29.2 Å². The van der Waals surface area contributed by atoms with Gasteiger partial charge in [0.05, 0.1) is 10.7 Å². The van der Waals surface area contributed by atoms with Crippen LogP contribution in [0.5, 0.6) is 0 Å². The van der Waals surface area contributed by atoms with E-state index >= 15 is 0 Å². The Morgan fingerprint density at radius 2 is 1.50 bits per heavy atom. The van der Waals surface area contributed by atoms with E-state index in [0.717, 1.165) is 47.8 Å². The van der Waals surface area contributed by atoms with Crippen LogP contribution >= 0.6 is 11.6 Å². The predicted octanol–water partition coefficient (Wildman–Crippen LogP) is 8.84. The van der Waals surface area contributed by atoms with Gasteiger partial charge in [-0.3, -0.25) is 4.99 Å². The molecule has 0 radical (unpaired) electrons. The van der Waals surface area contributed by atoms with Crippen molar-refractivity contribution in [3.63, 3.8) is 0 Å². The zero-order chi connectivity index (χ0) is 23.3. The number of aryl methyl sites for hydroxylation is 1. The topological polar surface area (TPSA) is 15.6 Å². The summed E-state index contributed by atoms with van der Waals surface area (Å²) >= 11 is 6.46. The fourth-order valence-corrected chi connectivity index (χ4v) is 3.64. The number of nitrogens with zero attached hydrogens (tertiary/aromatic N) is 2. The van der Waals surface area contributed by atoms with Crippen molar-refractivity contribution in [2.45, 2.75) is 53.4 Å². The van der Waals surface area contributed by atoms with Gasteiger partial charge in [-0.2, -0.15) is 0 Å². The van der Waals surface area contributed by atoms with Gasteiger partial charge >= 0.3 is 0 Å². The molecule has 0 heterocycles. The second-order valence-corrected chi connectivity index (χ2v) is 8.71. The summed E-state index contributed by atoms with van der Waals surface area (Å²) in [5, 5.41) is 0.747. The number of hydrogen-bond donors (Lipinski definition) is 0. The highest BCUT2D eigenvalue weighted by atomic mass is 35.5. The van der Waals surface area contributed by atoms with Gasteiger partial charge in [0.15, 0.2) is 0 Å². The molecule has 0 N–H and O–H groups in total. The van der Waals surface area contributed by atoms with Gasteiger partial charge < -0.3 is 4.90 Å². The number of para-hydroxylation sites is 1. The molecule has 0 amide bonds. The summed E-state index contributed by atoms with van der Waals surface area (Å²) in [7, 11) is 0. The Morgan fingerprint density at radius 1 is 0.875 bits per heavy atom. The van der Waals surface area contributed by atoms with Crippen LogP contribution in [0.3, 0.4) is 0 Å². The molecule has 0 atom stereocenters. The Hall–Kier alpha value is -2.58. The zero-order valence-electron chi connectivity index (χ0n) is 20.2. The quantitative estimate of drug-likeness (QED) is 0.314. The lowest BCUT2D eigenvalue weighted by Gasteiger charge is -2.24. The highest BCUT2D eigenvalue weighted by Gasteiger charge is 2.07. The lowest BCUT2D eigenvalue weighted by atomic mass is 10.0. The molecule has 0 aliphatic rings. The average molecular weight is 449 g/mol. The average Bonchev–Trinajstić information content (AvgIpc) is 2.80. The molecule has 3 heteroatoms. The summed E-state index contributed by atoms with van der Waals surface area (Å²) in [5.74, 6) is 0.659. The largest absolute Gasteiger partial charge is 0.372 e. The Morgan fingerprint density at radius 3 is 2.03 bits per heavy atom. The molecule has 32 heavy (non-hydrogen) atoms. The Kier molecular flexibility index (Phi) is 11.0. The molecular weight excluding hydrogens is 412 g/mol. The van der Waals surface area contributed by atoms with E-state index in [1.165, 1.54) is 11.3 Å². The van der Waals surface area contributed by atoms with Crippen molar-refractivity contribution in [1.29, 1.82) is 0 Å². The van der Waals surface area contributed by atoms with E-state index in [1.54, 1.807) is 0 Å². The summed E-state index contributed by atoms with van der Waals surface area (Å²) in [6.45, 7) is 13.0. The van der Waals surface area contributed by atoms with Crippen LogP contribution in [0, 0.1) is 6.92 Å². The lowest BCUT2D eigenvalue weighted by Crippen LogP contribution is -2.24. The van der Waals surface area contributed by atoms with E-state index in [0.29, 0.717) is 5.92 Å². The number of benzene rings is 3. The molecule has 170 valence electrons. The van der Waals surface area contributed by atoms with Crippen LogP contribution in [0.4, 0.5) is 11.4 Å². The van der Waals surface area contributed by atoms with Gasteiger partial charge in [-0.1, -0.05) is 87.8 Å². The molecule has 0 fully saturated rings. The summed E-state index contributed by atoms with van der Waals surface area (Å²) in [5.41, 5.74) is 5.69. The van der Waals surface area contributed by atoms with E-state index in [9.17, 15) is 0 Å². The van der Waals surface area contributed by atoms with E-state index in [1.807, 2.05) is 36.5 Å². The maximum atomic E-state index is 6.46. The molecule has 0 aliphatic heterocycles. The normalized spacial score (nSPS) is 10.8. The minimum absolute atomic E-state index is 0.659. The molecule has 0 saturated carbocycles. The van der Waals surface area contributed by atoms with Crippen LogP contribution < -0.4 is 4.90 Å². The molecule has 0 unspecified atom stereocenters. The molecular formula is C29H37ClN2. The van der Waals surface area contributed by atoms with Crippen molar-refractivity contribution in [2.24, 2.45) is 4.99 Å². The van der Waals surface area contributed by atoms with E-state index in [2.05, 4.69) is 87.0 Å². The first-order valence-corrected chi connectivity index (χ1v) is 12.0. The van der Waals surface area contributed by atoms with E-state index < -0.39 is 0 Å². The van der Waals surface area contributed by atoms with Crippen molar-refractivity contribution in [3.8, 4) is 0 Å². The van der Waals surface area contributed by atoms with Crippen molar-refractivity contribution < 1.29 is 0 Å². The molecule has 0 bridgehead atoms. The molecule has 0 saturated heterocycles. The number of rotatable bonds is 8. The first-order chi connectivity index (χ1) is 15.5. The lowest BCUT2D eigenvalue weighted by molar-refractivity contribution is 0.745. The summed E-state index contributed by atoms with van der Waals surface area (Å²) < 4.78 is 0. The fourth-order valence-electron chi connectivity index (χ4n) is 3.41. The minimum atomic E-state index is 0.659. The predicted molar refractivity (Wildman–Crippen MR) is 143 cm³/mol. The van der Waals surface area contributed by atoms with Gasteiger partial charge in [0.2, 0.25) is 0 Å². The number of aliphatic imine (C=N–C) groups is 1. The monoisotopic (exact) mass is 448 g/mol. The van der Waals surface area contributed by atoms with E-state index in [-0.39, 0.29) is 0 Å². The molecule has 0 spiro atoms. The van der Waals surface area contributed by atoms with Crippen LogP contribution in [-0.4, -0.2) is 19.3 Å². The van der Waals surface area contributed by atoms with Crippen LogP contribution in [0.2, 0.25) is 5.02 Å². The fraction of sp³-hybridized carbons (Fsp3) is 0.345. The summed E-state index contributed by atoms with van der Waals surface area (Å²) in [6, 6.07) is 24.8. The number of anilines is 1. The summed E-state index contributed by atoms with van der Waals surface area (Å²) in [6.07, 6.45) is 4.11. The smallest absolute Gasteiger partial charge is 0.0659 e. The van der Waals surface area contributed by atoms with Crippen molar-refractivity contribution in [1.82, 2.24) is 0 Å². The zero-order valence-corrected chi connectivity index (χ0v) is 20.9. The van der Waals surface area contributed by atoms with Gasteiger partial charge in [0, 0.05) is 30.6 Å². The second-order valence-electron chi connectivity index (χ2n) is 8.30. The molecule has 2 nitrogen and oxygen atoms in total. The van der Waals surface area contributed by atoms with Gasteiger partial charge in [0.1, 0.15) is 0 Å². The SMILES string of the molecule is CC(C)c1ccccc1.CCCN(CCC)c1ccc(C=Nc2ccccc2C)c(Cl)c1. The number of hydrogen-bond acceptors (Lipinski definition) is 2. The molecule has 0 aliphatic carbocycles. The van der Waals surface area contributed by atoms with Crippen molar-refractivity contribution in [2.75, 3.05) is 18.0 Å². The standard InChI is InChI=1S/C20H25ClN2.C9H12/c1-4-12-23(13-5-2)18-11-10-17(19(21)14-18)15-22-20-9-7-6-8-16(20)3;1-8(2)9-6-4-3-5-7-9/h6-11,14-15H,4-5,12-13H2,1-3H3;3-8H,1-2H3. The van der Waals surface area contributed by atoms with Crippen LogP contribution in [0.25, 0.3) is 0 Å². The first-order valence-electron chi connectivity index (χ1n) is 11.6. The maximum absolute atomic E-state index is 6.46. The van der Waals surface area contributed by atoms with Gasteiger partial charge in [-0.05, 0) is 61.1 Å². The Labute approximate surface area is 200 Å². The minimum Gasteiger partial charge on any atom is -0.372 e. The summed E-state index contributed by atoms with van der Waals surface area (Å²) in [4.78, 5) is 6.94. The second kappa shape index (κ2) is 13.8. The molecule has 3 aromatic rings. The van der Waals surface area contributed by atoms with E-state index in [4.69, 9.17) is 11.6 Å². The van der Waals surface area contributed by atoms with Crippen molar-refractivity contribution in [3.05, 3.63) is 94.5 Å². The van der Waals surface area contributed by atoms with Crippen LogP contribution in [0.1, 0.15) is 63.1 Å². The third kappa shape index (κ3) is 8.16.